The fraction of sp³-hybridized carbons (Fsp3) is 0.467. The molecule has 0 unspecified atom stereocenters. The molecule has 3 N–H and O–H groups in total. The van der Waals surface area contributed by atoms with Crippen molar-refractivity contribution >= 4 is 72.2 Å². The second-order valence-electron chi connectivity index (χ2n) is 6.43. The number of ether oxygens (including phenoxy) is 1. The number of anilines is 1. The lowest BCUT2D eigenvalue weighted by molar-refractivity contribution is -0.121. The number of carbonyl (C=O) groups is 2. The largest absolute Gasteiger partial charge is 0.495 e. The molecule has 0 saturated carbocycles. The summed E-state index contributed by atoms with van der Waals surface area (Å²) in [5.74, 6) is -2.68. The van der Waals surface area contributed by atoms with E-state index in [0.717, 1.165) is 6.07 Å². The van der Waals surface area contributed by atoms with Crippen LogP contribution in [0.5, 0.6) is 5.75 Å². The fourth-order valence-corrected chi connectivity index (χ4v) is 6.39. The highest BCUT2D eigenvalue weighted by molar-refractivity contribution is 7.92. The Labute approximate surface area is 188 Å². The average molecular weight is 523 g/mol. The molecule has 1 aliphatic rings. The summed E-state index contributed by atoms with van der Waals surface area (Å²) in [5.41, 5.74) is 0.184. The molecule has 2 atom stereocenters. The number of carbonyl (C=O) groups excluding carboxylic acids is 2. The van der Waals surface area contributed by atoms with E-state index in [1.54, 1.807) is 0 Å². The zero-order valence-electron chi connectivity index (χ0n) is 15.6. The fourth-order valence-electron chi connectivity index (χ4n) is 2.79. The molecule has 1 aromatic carbocycles. The Balaban J connectivity index is 2.36. The molecular formula is C15H18Cl3N3O7S2. The summed E-state index contributed by atoms with van der Waals surface area (Å²) in [6.45, 7) is 1.25. The summed E-state index contributed by atoms with van der Waals surface area (Å²) in [4.78, 5) is 22.8. The van der Waals surface area contributed by atoms with Crippen molar-refractivity contribution in [2.24, 2.45) is 0 Å². The predicted molar refractivity (Wildman–Crippen MR) is 112 cm³/mol. The highest BCUT2D eigenvalue weighted by Crippen LogP contribution is 2.29. The molecule has 1 heterocycles. The van der Waals surface area contributed by atoms with Crippen molar-refractivity contribution in [1.82, 2.24) is 10.0 Å². The first-order chi connectivity index (χ1) is 13.6. The topological polar surface area (TPSA) is 148 Å². The number of hydrogen-bond donors (Lipinski definition) is 3. The number of alkyl halides is 3. The highest BCUT2D eigenvalue weighted by atomic mass is 35.6. The number of sulfonamides is 1. The Hall–Kier alpha value is -1.31. The molecule has 0 aliphatic carbocycles. The van der Waals surface area contributed by atoms with Crippen LogP contribution in [0.4, 0.5) is 5.69 Å². The van der Waals surface area contributed by atoms with Crippen molar-refractivity contribution in [3.63, 3.8) is 0 Å². The molecule has 0 aromatic heterocycles. The third kappa shape index (κ3) is 6.34. The van der Waals surface area contributed by atoms with Crippen molar-refractivity contribution in [2.75, 3.05) is 23.9 Å². The van der Waals surface area contributed by atoms with Crippen LogP contribution < -0.4 is 20.1 Å². The lowest BCUT2D eigenvalue weighted by Gasteiger charge is -2.23. The normalized spacial score (nSPS) is 21.1. The number of hydrogen-bond acceptors (Lipinski definition) is 7. The predicted octanol–water partition coefficient (Wildman–Crippen LogP) is 0.584. The second-order valence-corrected chi connectivity index (χ2v) is 12.5. The van der Waals surface area contributed by atoms with Crippen molar-refractivity contribution in [1.29, 1.82) is 0 Å². The molecular weight excluding hydrogens is 505 g/mol. The van der Waals surface area contributed by atoms with Crippen molar-refractivity contribution in [3.05, 3.63) is 18.2 Å². The molecule has 1 fully saturated rings. The Morgan fingerprint density at radius 1 is 1.17 bits per heavy atom. The molecule has 1 aromatic rings. The standard InChI is InChI=1S/C15H18Cl3N3O7S2/c1-8(22)19-9-3-4-12(28-2)13(5-9)30(26,27)21-11-7-29(24,25)6-10(11)20-14(23)15(16,17)18/h3-5,10-11,21H,6-7H2,1-2H3,(H,19,22)(H,20,23)/t10-,11+/m0/s1. The van der Waals surface area contributed by atoms with Crippen LogP contribution in [0, 0.1) is 0 Å². The smallest absolute Gasteiger partial charge is 0.272 e. The van der Waals surface area contributed by atoms with Gasteiger partial charge >= 0.3 is 0 Å². The van der Waals surface area contributed by atoms with Gasteiger partial charge in [0.25, 0.3) is 9.70 Å². The molecule has 0 spiro atoms. The molecule has 15 heteroatoms. The minimum atomic E-state index is -4.34. The van der Waals surface area contributed by atoms with E-state index in [0.29, 0.717) is 0 Å². The van der Waals surface area contributed by atoms with Crippen LogP contribution in [0.15, 0.2) is 23.1 Å². The van der Waals surface area contributed by atoms with Crippen LogP contribution in [-0.2, 0) is 29.4 Å². The monoisotopic (exact) mass is 521 g/mol. The van der Waals surface area contributed by atoms with Crippen LogP contribution in [-0.4, -0.2) is 63.1 Å². The van der Waals surface area contributed by atoms with Gasteiger partial charge in [0.2, 0.25) is 15.9 Å². The Bertz CT molecular complexity index is 1060. The first kappa shape index (κ1) is 25.0. The van der Waals surface area contributed by atoms with E-state index in [1.165, 1.54) is 26.2 Å². The lowest BCUT2D eigenvalue weighted by atomic mass is 10.2. The summed E-state index contributed by atoms with van der Waals surface area (Å²) >= 11 is 16.5. The summed E-state index contributed by atoms with van der Waals surface area (Å²) < 4.78 is 55.0. The van der Waals surface area contributed by atoms with Gasteiger partial charge in [-0.2, -0.15) is 0 Å². The summed E-state index contributed by atoms with van der Waals surface area (Å²) in [5, 5.41) is 4.68. The molecule has 30 heavy (non-hydrogen) atoms. The van der Waals surface area contributed by atoms with Crippen LogP contribution in [0.1, 0.15) is 6.92 Å². The molecule has 2 amide bonds. The number of rotatable bonds is 6. The Morgan fingerprint density at radius 2 is 1.77 bits per heavy atom. The number of halogens is 3. The van der Waals surface area contributed by atoms with Gasteiger partial charge in [-0.05, 0) is 18.2 Å². The summed E-state index contributed by atoms with van der Waals surface area (Å²) in [6, 6.07) is 1.51. The first-order valence-corrected chi connectivity index (χ1v) is 12.6. The van der Waals surface area contributed by atoms with E-state index in [9.17, 15) is 26.4 Å². The quantitative estimate of drug-likeness (QED) is 0.463. The van der Waals surface area contributed by atoms with Gasteiger partial charge in [-0.15, -0.1) is 0 Å². The number of nitrogens with one attached hydrogen (secondary N) is 3. The zero-order valence-corrected chi connectivity index (χ0v) is 19.5. The van der Waals surface area contributed by atoms with E-state index >= 15 is 0 Å². The van der Waals surface area contributed by atoms with Gasteiger partial charge in [-0.1, -0.05) is 34.8 Å². The van der Waals surface area contributed by atoms with Crippen LogP contribution in [0.2, 0.25) is 0 Å². The molecule has 1 saturated heterocycles. The van der Waals surface area contributed by atoms with E-state index in [2.05, 4.69) is 15.4 Å². The zero-order chi connectivity index (χ0) is 22.9. The van der Waals surface area contributed by atoms with Crippen molar-refractivity contribution < 1.29 is 31.2 Å². The van der Waals surface area contributed by atoms with Gasteiger partial charge in [-0.25, -0.2) is 21.6 Å². The average Bonchev–Trinajstić information content (AvgIpc) is 2.86. The van der Waals surface area contributed by atoms with Gasteiger partial charge < -0.3 is 15.4 Å². The Kier molecular flexibility index (Phi) is 7.53. The number of sulfone groups is 1. The summed E-state index contributed by atoms with van der Waals surface area (Å²) in [7, 11) is -6.78. The maximum atomic E-state index is 13.0. The van der Waals surface area contributed by atoms with Crippen LogP contribution in [0.3, 0.4) is 0 Å². The molecule has 0 radical (unpaired) electrons. The molecule has 10 nitrogen and oxygen atoms in total. The molecule has 2 rings (SSSR count). The van der Waals surface area contributed by atoms with E-state index in [1.807, 2.05) is 0 Å². The van der Waals surface area contributed by atoms with Gasteiger partial charge in [0, 0.05) is 12.6 Å². The maximum absolute atomic E-state index is 13.0. The molecule has 0 bridgehead atoms. The minimum Gasteiger partial charge on any atom is -0.495 e. The Morgan fingerprint density at radius 3 is 2.30 bits per heavy atom. The SMILES string of the molecule is COc1ccc(NC(C)=O)cc1S(=O)(=O)N[C@@H]1CS(=O)(=O)C[C@@H]1NC(=O)C(Cl)(Cl)Cl. The van der Waals surface area contributed by atoms with Gasteiger partial charge in [0.1, 0.15) is 10.6 Å². The van der Waals surface area contributed by atoms with Gasteiger partial charge in [0.15, 0.2) is 9.84 Å². The summed E-state index contributed by atoms with van der Waals surface area (Å²) in [6.07, 6.45) is 0. The van der Waals surface area contributed by atoms with Crippen molar-refractivity contribution in [3.8, 4) is 5.75 Å². The highest BCUT2D eigenvalue weighted by Gasteiger charge is 2.43. The number of benzene rings is 1. The van der Waals surface area contributed by atoms with E-state index < -0.39 is 59.1 Å². The van der Waals surface area contributed by atoms with Crippen LogP contribution in [0.25, 0.3) is 0 Å². The minimum absolute atomic E-state index is 0.0423. The van der Waals surface area contributed by atoms with Gasteiger partial charge in [0.05, 0.1) is 30.7 Å². The van der Waals surface area contributed by atoms with E-state index in [4.69, 9.17) is 39.5 Å². The third-order valence-electron chi connectivity index (χ3n) is 4.01. The second kappa shape index (κ2) is 9.05. The van der Waals surface area contributed by atoms with Gasteiger partial charge in [-0.3, -0.25) is 9.59 Å². The van der Waals surface area contributed by atoms with E-state index in [-0.39, 0.29) is 16.3 Å². The van der Waals surface area contributed by atoms with Crippen LogP contribution >= 0.6 is 34.8 Å². The third-order valence-corrected chi connectivity index (χ3v) is 7.77. The number of methoxy groups -OCH3 is 1. The molecule has 1 aliphatic heterocycles. The van der Waals surface area contributed by atoms with Crippen molar-refractivity contribution in [2.45, 2.75) is 27.7 Å². The lowest BCUT2D eigenvalue weighted by Crippen LogP contribution is -2.53. The molecule has 168 valence electrons. The maximum Gasteiger partial charge on any atom is 0.272 e. The number of amides is 2. The first-order valence-electron chi connectivity index (χ1n) is 8.21.